The van der Waals surface area contributed by atoms with Gasteiger partial charge < -0.3 is 14.8 Å². The summed E-state index contributed by atoms with van der Waals surface area (Å²) in [6, 6.07) is 2.76. The lowest BCUT2D eigenvalue weighted by Gasteiger charge is -2.23. The minimum atomic E-state index is -3.81. The average Bonchev–Trinajstić information content (AvgIpc) is 2.37. The molecular weight excluding hydrogens is 290 g/mol. The maximum absolute atomic E-state index is 13.3. The highest BCUT2D eigenvalue weighted by Crippen LogP contribution is 2.59. The molecule has 0 fully saturated rings. The Labute approximate surface area is 115 Å². The van der Waals surface area contributed by atoms with Gasteiger partial charge in [0.25, 0.3) is 5.69 Å². The lowest BCUT2D eigenvalue weighted by Crippen LogP contribution is -2.16. The zero-order valence-corrected chi connectivity index (χ0v) is 12.0. The molecule has 0 amide bonds. The van der Waals surface area contributed by atoms with E-state index in [0.29, 0.717) is 0 Å². The normalized spacial score (nSPS) is 13.2. The zero-order valence-electron chi connectivity index (χ0n) is 11.1. The summed E-state index contributed by atoms with van der Waals surface area (Å²) in [5.41, 5.74) is 5.11. The lowest BCUT2D eigenvalue weighted by atomic mass is 10.2. The quantitative estimate of drug-likeness (QED) is 0.471. The maximum atomic E-state index is 13.3. The Balaban J connectivity index is 3.30. The average molecular weight is 306 g/mol. The first kappa shape index (κ1) is 16.7. The van der Waals surface area contributed by atoms with Gasteiger partial charge in [0.15, 0.2) is 0 Å². The van der Waals surface area contributed by atoms with Crippen molar-refractivity contribution in [3.8, 4) is 0 Å². The van der Waals surface area contributed by atoms with Gasteiger partial charge in [-0.1, -0.05) is 0 Å². The van der Waals surface area contributed by atoms with E-state index in [9.17, 15) is 19.1 Å². The van der Waals surface area contributed by atoms with Crippen molar-refractivity contribution in [2.24, 2.45) is 5.73 Å². The Morgan fingerprint density at radius 1 is 1.40 bits per heavy atom. The second kappa shape index (κ2) is 6.90. The zero-order chi connectivity index (χ0) is 15.3. The van der Waals surface area contributed by atoms with Gasteiger partial charge in [0.1, 0.15) is 11.6 Å². The van der Waals surface area contributed by atoms with E-state index < -0.39 is 29.8 Å². The van der Waals surface area contributed by atoms with E-state index in [1.54, 1.807) is 13.8 Å². The van der Waals surface area contributed by atoms with Gasteiger partial charge in [-0.25, -0.2) is 4.39 Å². The van der Waals surface area contributed by atoms with Gasteiger partial charge in [0.2, 0.25) is 0 Å². The number of nitrogens with two attached hydrogens (primary N) is 1. The summed E-state index contributed by atoms with van der Waals surface area (Å²) in [4.78, 5) is 10.2. The second-order valence-corrected chi connectivity index (χ2v) is 5.93. The van der Waals surface area contributed by atoms with E-state index in [-0.39, 0.29) is 18.8 Å². The summed E-state index contributed by atoms with van der Waals surface area (Å²) >= 11 is 0. The second-order valence-electron chi connectivity index (χ2n) is 3.78. The van der Waals surface area contributed by atoms with Crippen LogP contribution in [-0.4, -0.2) is 18.1 Å². The first-order valence-electron chi connectivity index (χ1n) is 5.94. The first-order valence-corrected chi connectivity index (χ1v) is 7.55. The Bertz CT molecular complexity index is 530. The highest BCUT2D eigenvalue weighted by molar-refractivity contribution is 7.54. The van der Waals surface area contributed by atoms with E-state index in [0.717, 1.165) is 18.2 Å². The van der Waals surface area contributed by atoms with Gasteiger partial charge in [-0.3, -0.25) is 14.7 Å². The number of benzene rings is 1. The summed E-state index contributed by atoms with van der Waals surface area (Å²) in [5, 5.41) is 10.9. The molecule has 0 saturated heterocycles. The van der Waals surface area contributed by atoms with Gasteiger partial charge in [0.05, 0.1) is 23.7 Å². The minimum Gasteiger partial charge on any atom is -0.314 e. The molecule has 0 spiro atoms. The van der Waals surface area contributed by atoms with E-state index in [1.165, 1.54) is 0 Å². The van der Waals surface area contributed by atoms with Crippen LogP contribution in [0.3, 0.4) is 0 Å². The van der Waals surface area contributed by atoms with Crippen molar-refractivity contribution in [3.05, 3.63) is 39.7 Å². The third kappa shape index (κ3) is 3.61. The molecule has 112 valence electrons. The van der Waals surface area contributed by atoms with Crippen LogP contribution in [0.5, 0.6) is 0 Å². The molecule has 7 nitrogen and oxygen atoms in total. The van der Waals surface area contributed by atoms with Crippen molar-refractivity contribution in [2.45, 2.75) is 19.6 Å². The molecule has 2 N–H and O–H groups in total. The van der Waals surface area contributed by atoms with Gasteiger partial charge in [-0.2, -0.15) is 0 Å². The summed E-state index contributed by atoms with van der Waals surface area (Å²) in [6.45, 7) is 3.26. The predicted molar refractivity (Wildman–Crippen MR) is 70.8 cm³/mol. The largest absolute Gasteiger partial charge is 0.351 e. The number of hydrogen-bond donors (Lipinski definition) is 1. The Morgan fingerprint density at radius 3 is 2.40 bits per heavy atom. The number of nitro benzene ring substituents is 1. The van der Waals surface area contributed by atoms with Gasteiger partial charge in [-0.15, -0.1) is 0 Å². The molecular formula is C11H16FN2O5P. The van der Waals surface area contributed by atoms with E-state index in [4.69, 9.17) is 14.8 Å². The van der Waals surface area contributed by atoms with Crippen molar-refractivity contribution in [1.82, 2.24) is 0 Å². The molecule has 1 aromatic carbocycles. The minimum absolute atomic E-state index is 0.0497. The van der Waals surface area contributed by atoms with Crippen molar-refractivity contribution < 1.29 is 22.9 Å². The van der Waals surface area contributed by atoms with Crippen molar-refractivity contribution in [3.63, 3.8) is 0 Å². The third-order valence-electron chi connectivity index (χ3n) is 2.46. The predicted octanol–water partition coefficient (Wildman–Crippen LogP) is 2.96. The monoisotopic (exact) mass is 306 g/mol. The Morgan fingerprint density at radius 2 is 1.95 bits per heavy atom. The summed E-state index contributed by atoms with van der Waals surface area (Å²) < 4.78 is 35.8. The van der Waals surface area contributed by atoms with Crippen LogP contribution in [0.2, 0.25) is 0 Å². The Kier molecular flexibility index (Phi) is 5.76. The molecule has 0 aliphatic rings. The van der Waals surface area contributed by atoms with Crippen molar-refractivity contribution in [1.29, 1.82) is 0 Å². The molecule has 0 heterocycles. The topological polar surface area (TPSA) is 105 Å². The molecule has 20 heavy (non-hydrogen) atoms. The number of hydrogen-bond acceptors (Lipinski definition) is 6. The van der Waals surface area contributed by atoms with Crippen LogP contribution < -0.4 is 5.73 Å². The van der Waals surface area contributed by atoms with E-state index in [1.807, 2.05) is 0 Å². The van der Waals surface area contributed by atoms with E-state index in [2.05, 4.69) is 0 Å². The Hall–Kier alpha value is -1.34. The van der Waals surface area contributed by atoms with Crippen LogP contribution >= 0.6 is 7.60 Å². The summed E-state index contributed by atoms with van der Waals surface area (Å²) in [7, 11) is -3.81. The van der Waals surface area contributed by atoms with Crippen LogP contribution in [0.1, 0.15) is 25.2 Å². The van der Waals surface area contributed by atoms with Crippen LogP contribution in [0, 0.1) is 15.9 Å². The lowest BCUT2D eigenvalue weighted by molar-refractivity contribution is -0.385. The molecule has 0 unspecified atom stereocenters. The smallest absolute Gasteiger partial charge is 0.314 e. The highest BCUT2D eigenvalue weighted by Gasteiger charge is 2.38. The van der Waals surface area contributed by atoms with Crippen molar-refractivity contribution in [2.75, 3.05) is 13.2 Å². The van der Waals surface area contributed by atoms with Crippen molar-refractivity contribution >= 4 is 13.3 Å². The molecule has 1 aromatic rings. The fraction of sp³-hybridized carbons (Fsp3) is 0.455. The fourth-order valence-electron chi connectivity index (χ4n) is 1.66. The van der Waals surface area contributed by atoms with Crippen LogP contribution in [-0.2, 0) is 13.6 Å². The molecule has 9 heteroatoms. The molecule has 0 radical (unpaired) electrons. The van der Waals surface area contributed by atoms with Gasteiger partial charge in [0, 0.05) is 6.07 Å². The van der Waals surface area contributed by atoms with Gasteiger partial charge in [-0.05, 0) is 26.0 Å². The maximum Gasteiger partial charge on any atom is 0.351 e. The molecule has 0 saturated carbocycles. The van der Waals surface area contributed by atoms with Crippen LogP contribution in [0.25, 0.3) is 0 Å². The number of nitrogens with zero attached hydrogens (tertiary/aromatic N) is 1. The molecule has 0 bridgehead atoms. The number of rotatable bonds is 7. The molecule has 0 aromatic heterocycles. The highest BCUT2D eigenvalue weighted by atomic mass is 31.2. The SMILES string of the molecule is CCOP(=O)(OCC)[C@H](N)c1cc(F)ccc1[N+](=O)[O-]. The van der Waals surface area contributed by atoms with E-state index >= 15 is 0 Å². The van der Waals surface area contributed by atoms with Gasteiger partial charge >= 0.3 is 7.60 Å². The number of nitro groups is 1. The van der Waals surface area contributed by atoms with Crippen LogP contribution in [0.15, 0.2) is 18.2 Å². The fourth-order valence-corrected chi connectivity index (χ4v) is 3.32. The molecule has 0 aliphatic carbocycles. The van der Waals surface area contributed by atoms with Crippen LogP contribution in [0.4, 0.5) is 10.1 Å². The molecule has 1 rings (SSSR count). The molecule has 1 atom stereocenters. The summed E-state index contributed by atoms with van der Waals surface area (Å²) in [6.07, 6.45) is 0. The summed E-state index contributed by atoms with van der Waals surface area (Å²) in [5.74, 6) is -2.15. The standard InChI is InChI=1S/C11H16FN2O5P/c1-3-18-20(17,19-4-2)11(13)9-7-8(12)5-6-10(9)14(15)16/h5-7,11H,3-4,13H2,1-2H3/t11-/m0/s1. The molecule has 0 aliphatic heterocycles. The first-order chi connectivity index (χ1) is 9.35. The third-order valence-corrected chi connectivity index (χ3v) is 4.66. The number of halogens is 1.